The maximum absolute atomic E-state index is 8.92. The first-order chi connectivity index (χ1) is 8.74. The summed E-state index contributed by atoms with van der Waals surface area (Å²) >= 11 is 5.89. The summed E-state index contributed by atoms with van der Waals surface area (Å²) in [7, 11) is 1.75. The highest BCUT2D eigenvalue weighted by atomic mass is 35.5. The lowest BCUT2D eigenvalue weighted by atomic mass is 10.1. The summed E-state index contributed by atoms with van der Waals surface area (Å²) in [5.74, 6) is 1.11. The zero-order valence-corrected chi connectivity index (χ0v) is 11.2. The van der Waals surface area contributed by atoms with Gasteiger partial charge in [-0.05, 0) is 37.3 Å². The van der Waals surface area contributed by atoms with Crippen molar-refractivity contribution >= 4 is 23.5 Å². The van der Waals surface area contributed by atoms with Crippen LogP contribution in [0.25, 0.3) is 0 Å². The molecule has 18 heavy (non-hydrogen) atoms. The number of aliphatic hydroxyl groups is 1. The number of anilines is 2. The van der Waals surface area contributed by atoms with E-state index < -0.39 is 0 Å². The average molecular weight is 272 g/mol. The van der Waals surface area contributed by atoms with Gasteiger partial charge in [0.2, 0.25) is 17.2 Å². The van der Waals surface area contributed by atoms with Gasteiger partial charge in [0.05, 0.1) is 0 Å². The van der Waals surface area contributed by atoms with Crippen LogP contribution in [0.2, 0.25) is 5.28 Å². The third-order valence-electron chi connectivity index (χ3n) is 3.15. The van der Waals surface area contributed by atoms with Crippen LogP contribution in [0.3, 0.4) is 0 Å². The molecule has 2 heterocycles. The Labute approximate surface area is 111 Å². The minimum atomic E-state index is 0.206. The quantitative estimate of drug-likeness (QED) is 0.841. The Hall–Kier alpha value is -1.14. The van der Waals surface area contributed by atoms with Crippen LogP contribution < -0.4 is 10.2 Å². The van der Waals surface area contributed by atoms with Crippen molar-refractivity contribution in [1.29, 1.82) is 0 Å². The number of aliphatic hydroxyl groups excluding tert-OH is 1. The van der Waals surface area contributed by atoms with Crippen LogP contribution in [0.4, 0.5) is 11.9 Å². The third kappa shape index (κ3) is 3.00. The highest BCUT2D eigenvalue weighted by Gasteiger charge is 2.26. The van der Waals surface area contributed by atoms with Gasteiger partial charge in [0, 0.05) is 26.2 Å². The van der Waals surface area contributed by atoms with Crippen LogP contribution >= 0.6 is 11.6 Å². The second-order valence-corrected chi connectivity index (χ2v) is 4.67. The van der Waals surface area contributed by atoms with E-state index in [0.29, 0.717) is 17.9 Å². The molecule has 0 bridgehead atoms. The summed E-state index contributed by atoms with van der Waals surface area (Å²) in [6, 6.07) is 0.389. The van der Waals surface area contributed by atoms with E-state index in [0.717, 1.165) is 32.2 Å². The molecule has 7 heteroatoms. The molecule has 1 aromatic rings. The number of hydrogen-bond acceptors (Lipinski definition) is 6. The summed E-state index contributed by atoms with van der Waals surface area (Å²) in [4.78, 5) is 14.7. The molecule has 1 aromatic heterocycles. The normalized spacial score (nSPS) is 19.3. The number of nitrogens with zero attached hydrogens (tertiary/aromatic N) is 4. The Morgan fingerprint density at radius 3 is 3.00 bits per heavy atom. The lowest BCUT2D eigenvalue weighted by molar-refractivity contribution is 0.279. The molecule has 1 fully saturated rings. The summed E-state index contributed by atoms with van der Waals surface area (Å²) in [5.41, 5.74) is 0. The molecule has 100 valence electrons. The van der Waals surface area contributed by atoms with Gasteiger partial charge in [-0.1, -0.05) is 0 Å². The topological polar surface area (TPSA) is 74.2 Å². The summed E-state index contributed by atoms with van der Waals surface area (Å²) < 4.78 is 0. The predicted molar refractivity (Wildman–Crippen MR) is 71.1 cm³/mol. The molecule has 2 N–H and O–H groups in total. The molecule has 1 atom stereocenters. The van der Waals surface area contributed by atoms with Gasteiger partial charge in [-0.2, -0.15) is 15.0 Å². The smallest absolute Gasteiger partial charge is 0.231 e. The molecule has 0 amide bonds. The van der Waals surface area contributed by atoms with E-state index >= 15 is 0 Å². The number of aromatic nitrogens is 3. The monoisotopic (exact) mass is 271 g/mol. The Kier molecular flexibility index (Phi) is 4.54. The van der Waals surface area contributed by atoms with Crippen molar-refractivity contribution in [2.24, 2.45) is 0 Å². The molecule has 0 saturated carbocycles. The summed E-state index contributed by atoms with van der Waals surface area (Å²) in [5, 5.41) is 12.0. The molecule has 0 aromatic carbocycles. The molecule has 0 aliphatic carbocycles. The number of halogens is 1. The third-order valence-corrected chi connectivity index (χ3v) is 3.32. The fourth-order valence-corrected chi connectivity index (χ4v) is 2.46. The van der Waals surface area contributed by atoms with E-state index in [2.05, 4.69) is 25.2 Å². The highest BCUT2D eigenvalue weighted by Crippen LogP contribution is 2.26. The fraction of sp³-hybridized carbons (Fsp3) is 0.727. The predicted octanol–water partition coefficient (Wildman–Crippen LogP) is 1.31. The maximum atomic E-state index is 8.92. The zero-order chi connectivity index (χ0) is 13.0. The molecule has 1 unspecified atom stereocenters. The van der Waals surface area contributed by atoms with Crippen LogP contribution in [0.5, 0.6) is 0 Å². The Morgan fingerprint density at radius 1 is 1.44 bits per heavy atom. The van der Waals surface area contributed by atoms with Crippen molar-refractivity contribution in [3.05, 3.63) is 5.28 Å². The number of rotatable bonds is 5. The van der Waals surface area contributed by atoms with Gasteiger partial charge in [-0.25, -0.2) is 0 Å². The fourth-order valence-electron chi connectivity index (χ4n) is 2.31. The second kappa shape index (κ2) is 6.15. The number of nitrogens with one attached hydrogen (secondary N) is 1. The lowest BCUT2D eigenvalue weighted by Gasteiger charge is -2.24. The minimum Gasteiger partial charge on any atom is -0.396 e. The largest absolute Gasteiger partial charge is 0.396 e. The van der Waals surface area contributed by atoms with Gasteiger partial charge >= 0.3 is 0 Å². The summed E-state index contributed by atoms with van der Waals surface area (Å²) in [6.07, 6.45) is 3.99. The maximum Gasteiger partial charge on any atom is 0.231 e. The van der Waals surface area contributed by atoms with Crippen LogP contribution in [-0.4, -0.2) is 46.3 Å². The molecule has 1 aliphatic rings. The van der Waals surface area contributed by atoms with E-state index in [1.165, 1.54) is 0 Å². The van der Waals surface area contributed by atoms with E-state index in [9.17, 15) is 0 Å². The molecule has 1 saturated heterocycles. The Bertz CT molecular complexity index is 403. The summed E-state index contributed by atoms with van der Waals surface area (Å²) in [6.45, 7) is 1.16. The van der Waals surface area contributed by atoms with Crippen LogP contribution in [0.1, 0.15) is 25.7 Å². The van der Waals surface area contributed by atoms with Crippen molar-refractivity contribution in [2.75, 3.05) is 30.4 Å². The zero-order valence-electron chi connectivity index (χ0n) is 10.4. The first-order valence-corrected chi connectivity index (χ1v) is 6.59. The van der Waals surface area contributed by atoms with Crippen molar-refractivity contribution in [3.8, 4) is 0 Å². The number of hydrogen-bond donors (Lipinski definition) is 2. The van der Waals surface area contributed by atoms with E-state index in [-0.39, 0.29) is 11.9 Å². The molecule has 0 spiro atoms. The van der Waals surface area contributed by atoms with E-state index in [4.69, 9.17) is 16.7 Å². The van der Waals surface area contributed by atoms with Gasteiger partial charge in [-0.3, -0.25) is 0 Å². The first kappa shape index (κ1) is 13.3. The highest BCUT2D eigenvalue weighted by molar-refractivity contribution is 6.28. The lowest BCUT2D eigenvalue weighted by Crippen LogP contribution is -2.31. The Morgan fingerprint density at radius 2 is 2.28 bits per heavy atom. The van der Waals surface area contributed by atoms with Crippen LogP contribution in [-0.2, 0) is 0 Å². The standard InChI is InChI=1S/C11H18ClN5O/c1-13-10-14-9(12)15-11(16-10)17-6-2-4-8(17)5-3-7-18/h8,18H,2-7H2,1H3,(H,13,14,15,16). The van der Waals surface area contributed by atoms with Crippen molar-refractivity contribution in [3.63, 3.8) is 0 Å². The molecular weight excluding hydrogens is 254 g/mol. The molecule has 2 rings (SSSR count). The van der Waals surface area contributed by atoms with Gasteiger partial charge in [0.1, 0.15) is 0 Å². The van der Waals surface area contributed by atoms with E-state index in [1.54, 1.807) is 7.05 Å². The average Bonchev–Trinajstić information content (AvgIpc) is 2.83. The van der Waals surface area contributed by atoms with Crippen molar-refractivity contribution < 1.29 is 5.11 Å². The second-order valence-electron chi connectivity index (χ2n) is 4.33. The van der Waals surface area contributed by atoms with Gasteiger partial charge < -0.3 is 15.3 Å². The van der Waals surface area contributed by atoms with Crippen molar-refractivity contribution in [2.45, 2.75) is 31.7 Å². The minimum absolute atomic E-state index is 0.206. The molecular formula is C11H18ClN5O. The van der Waals surface area contributed by atoms with Crippen molar-refractivity contribution in [1.82, 2.24) is 15.0 Å². The Balaban J connectivity index is 2.16. The van der Waals surface area contributed by atoms with E-state index in [1.807, 2.05) is 0 Å². The van der Waals surface area contributed by atoms with Gasteiger partial charge in [0.15, 0.2) is 0 Å². The SMILES string of the molecule is CNc1nc(Cl)nc(N2CCCC2CCCO)n1. The molecule has 6 nitrogen and oxygen atoms in total. The first-order valence-electron chi connectivity index (χ1n) is 6.21. The van der Waals surface area contributed by atoms with Gasteiger partial charge in [0.25, 0.3) is 0 Å². The van der Waals surface area contributed by atoms with Crippen LogP contribution in [0.15, 0.2) is 0 Å². The molecule has 1 aliphatic heterocycles. The molecule has 0 radical (unpaired) electrons. The van der Waals surface area contributed by atoms with Gasteiger partial charge in [-0.15, -0.1) is 0 Å². The van der Waals surface area contributed by atoms with Crippen LogP contribution in [0, 0.1) is 0 Å².